The highest BCUT2D eigenvalue weighted by Crippen LogP contribution is 2.39. The molecule has 5 heteroatoms. The second kappa shape index (κ2) is 6.86. The number of hydrogen-bond donors (Lipinski definition) is 1. The van der Waals surface area contributed by atoms with Crippen molar-refractivity contribution in [1.82, 2.24) is 9.78 Å². The van der Waals surface area contributed by atoms with Crippen molar-refractivity contribution >= 4 is 23.3 Å². The van der Waals surface area contributed by atoms with Crippen LogP contribution in [0.15, 0.2) is 48.7 Å². The molecule has 0 saturated carbocycles. The topological polar surface area (TPSA) is 46.9 Å². The normalized spacial score (nSPS) is 16.3. The van der Waals surface area contributed by atoms with Gasteiger partial charge in [0.2, 0.25) is 5.91 Å². The van der Waals surface area contributed by atoms with Crippen LogP contribution in [0.2, 0.25) is 5.02 Å². The Morgan fingerprint density at radius 1 is 1.19 bits per heavy atom. The van der Waals surface area contributed by atoms with E-state index in [9.17, 15) is 4.79 Å². The number of aromatic nitrogens is 2. The van der Waals surface area contributed by atoms with Crippen LogP contribution in [0.25, 0.3) is 5.69 Å². The monoisotopic (exact) mass is 379 g/mol. The Morgan fingerprint density at radius 2 is 1.93 bits per heavy atom. The van der Waals surface area contributed by atoms with Gasteiger partial charge in [0.25, 0.3) is 0 Å². The van der Waals surface area contributed by atoms with Gasteiger partial charge in [0.15, 0.2) is 0 Å². The number of anilines is 1. The Kier molecular flexibility index (Phi) is 4.52. The van der Waals surface area contributed by atoms with Gasteiger partial charge < -0.3 is 5.32 Å². The summed E-state index contributed by atoms with van der Waals surface area (Å²) in [5, 5.41) is 8.25. The summed E-state index contributed by atoms with van der Waals surface area (Å²) in [6.45, 7) is 6.32. The first-order valence-electron chi connectivity index (χ1n) is 9.19. The number of nitrogens with one attached hydrogen (secondary N) is 1. The molecule has 0 spiro atoms. The Balaban J connectivity index is 1.79. The first-order chi connectivity index (χ1) is 13.0. The van der Waals surface area contributed by atoms with E-state index in [4.69, 9.17) is 11.6 Å². The van der Waals surface area contributed by atoms with Crippen molar-refractivity contribution in [3.8, 4) is 5.69 Å². The minimum Gasteiger partial charge on any atom is -0.310 e. The van der Waals surface area contributed by atoms with Crippen molar-refractivity contribution < 1.29 is 4.79 Å². The molecule has 4 rings (SSSR count). The van der Waals surface area contributed by atoms with Gasteiger partial charge in [-0.3, -0.25) is 4.79 Å². The van der Waals surface area contributed by atoms with E-state index < -0.39 is 0 Å². The number of benzene rings is 2. The van der Waals surface area contributed by atoms with Gasteiger partial charge in [-0.1, -0.05) is 55.8 Å². The maximum atomic E-state index is 12.4. The Labute approximate surface area is 164 Å². The summed E-state index contributed by atoms with van der Waals surface area (Å²) in [4.78, 5) is 12.4. The number of fused-ring (bicyclic) bond motifs is 1. The summed E-state index contributed by atoms with van der Waals surface area (Å²) in [5.74, 6) is 1.22. The van der Waals surface area contributed by atoms with Gasteiger partial charge in [0.1, 0.15) is 5.82 Å². The molecule has 2 heterocycles. The van der Waals surface area contributed by atoms with Crippen LogP contribution in [0.5, 0.6) is 0 Å². The Morgan fingerprint density at radius 3 is 2.63 bits per heavy atom. The van der Waals surface area contributed by atoms with Crippen molar-refractivity contribution in [2.24, 2.45) is 0 Å². The molecule has 3 aromatic rings. The standard InChI is InChI=1S/C22H22ClN3O/c1-13(2)15-7-9-16(10-8-15)17-11-21(27)25-22-18(17)12-24-26(22)20-6-4-5-19(23)14(20)3/h4-10,12-13,17H,11H2,1-3H3,(H,25,27)/t17-/m0/s1. The van der Waals surface area contributed by atoms with Crippen LogP contribution in [-0.4, -0.2) is 15.7 Å². The Hall–Kier alpha value is -2.59. The number of amides is 1. The van der Waals surface area contributed by atoms with Crippen LogP contribution in [0.4, 0.5) is 5.82 Å². The molecule has 0 aliphatic carbocycles. The zero-order chi connectivity index (χ0) is 19.1. The van der Waals surface area contributed by atoms with Gasteiger partial charge in [-0.05, 0) is 41.7 Å². The fourth-order valence-electron chi connectivity index (χ4n) is 3.64. The second-order valence-electron chi connectivity index (χ2n) is 7.37. The second-order valence-corrected chi connectivity index (χ2v) is 7.78. The van der Waals surface area contributed by atoms with Crippen LogP contribution in [0.3, 0.4) is 0 Å². The molecule has 0 radical (unpaired) electrons. The van der Waals surface area contributed by atoms with E-state index in [1.165, 1.54) is 5.56 Å². The molecular weight excluding hydrogens is 358 g/mol. The first-order valence-corrected chi connectivity index (χ1v) is 9.56. The van der Waals surface area contributed by atoms with Gasteiger partial charge in [0, 0.05) is 22.9 Å². The van der Waals surface area contributed by atoms with E-state index in [-0.39, 0.29) is 11.8 Å². The molecule has 0 unspecified atom stereocenters. The molecule has 1 aliphatic rings. The highest BCUT2D eigenvalue weighted by Gasteiger charge is 2.30. The van der Waals surface area contributed by atoms with Crippen molar-refractivity contribution in [2.75, 3.05) is 5.32 Å². The van der Waals surface area contributed by atoms with Crippen LogP contribution in [0, 0.1) is 6.92 Å². The molecule has 1 N–H and O–H groups in total. The predicted octanol–water partition coefficient (Wildman–Crippen LogP) is 5.43. The lowest BCUT2D eigenvalue weighted by molar-refractivity contribution is -0.116. The van der Waals surface area contributed by atoms with Crippen molar-refractivity contribution in [2.45, 2.75) is 39.0 Å². The van der Waals surface area contributed by atoms with Crippen molar-refractivity contribution in [1.29, 1.82) is 0 Å². The molecule has 0 bridgehead atoms. The highest BCUT2D eigenvalue weighted by atomic mass is 35.5. The molecule has 27 heavy (non-hydrogen) atoms. The summed E-state index contributed by atoms with van der Waals surface area (Å²) < 4.78 is 1.78. The average molecular weight is 380 g/mol. The molecule has 1 amide bonds. The summed E-state index contributed by atoms with van der Waals surface area (Å²) in [7, 11) is 0. The van der Waals surface area contributed by atoms with E-state index >= 15 is 0 Å². The highest BCUT2D eigenvalue weighted by molar-refractivity contribution is 6.31. The van der Waals surface area contributed by atoms with Crippen LogP contribution in [-0.2, 0) is 4.79 Å². The van der Waals surface area contributed by atoms with Gasteiger partial charge in [-0.2, -0.15) is 5.10 Å². The minimum absolute atomic E-state index is 0.00173. The fraction of sp³-hybridized carbons (Fsp3) is 0.273. The largest absolute Gasteiger partial charge is 0.310 e. The summed E-state index contributed by atoms with van der Waals surface area (Å²) in [5.41, 5.74) is 5.27. The van der Waals surface area contributed by atoms with E-state index in [0.29, 0.717) is 17.4 Å². The molecule has 4 nitrogen and oxygen atoms in total. The number of hydrogen-bond acceptors (Lipinski definition) is 2. The molecule has 1 atom stereocenters. The van der Waals surface area contributed by atoms with Gasteiger partial charge >= 0.3 is 0 Å². The molecule has 138 valence electrons. The Bertz CT molecular complexity index is 1000. The molecule has 1 aliphatic heterocycles. The van der Waals surface area contributed by atoms with Crippen LogP contribution >= 0.6 is 11.6 Å². The van der Waals surface area contributed by atoms with Crippen molar-refractivity contribution in [3.63, 3.8) is 0 Å². The number of rotatable bonds is 3. The third kappa shape index (κ3) is 3.15. The van der Waals surface area contributed by atoms with Gasteiger partial charge in [-0.15, -0.1) is 0 Å². The molecular formula is C22H22ClN3O. The minimum atomic E-state index is 0.00173. The third-order valence-electron chi connectivity index (χ3n) is 5.29. The maximum absolute atomic E-state index is 12.4. The molecule has 0 fully saturated rings. The SMILES string of the molecule is Cc1c(Cl)cccc1-n1ncc2c1NC(=O)C[C@H]2c1ccc(C(C)C)cc1. The first kappa shape index (κ1) is 17.8. The molecule has 1 aromatic heterocycles. The summed E-state index contributed by atoms with van der Waals surface area (Å²) >= 11 is 6.28. The lowest BCUT2D eigenvalue weighted by atomic mass is 9.86. The summed E-state index contributed by atoms with van der Waals surface area (Å²) in [6, 6.07) is 14.3. The number of carbonyl (C=O) groups is 1. The molecule has 0 saturated heterocycles. The lowest BCUT2D eigenvalue weighted by Crippen LogP contribution is -2.24. The van der Waals surface area contributed by atoms with E-state index in [1.54, 1.807) is 4.68 Å². The van der Waals surface area contributed by atoms with Gasteiger partial charge in [-0.25, -0.2) is 4.68 Å². The van der Waals surface area contributed by atoms with Gasteiger partial charge in [0.05, 0.1) is 11.9 Å². The fourth-order valence-corrected chi connectivity index (χ4v) is 3.81. The van der Waals surface area contributed by atoms with Crippen molar-refractivity contribution in [3.05, 3.63) is 75.9 Å². The zero-order valence-electron chi connectivity index (χ0n) is 15.7. The summed E-state index contributed by atoms with van der Waals surface area (Å²) in [6.07, 6.45) is 2.28. The molecule has 2 aromatic carbocycles. The number of carbonyl (C=O) groups excluding carboxylic acids is 1. The number of halogens is 1. The van der Waals surface area contributed by atoms with Crippen LogP contribution < -0.4 is 5.32 Å². The quantitative estimate of drug-likeness (QED) is 0.659. The average Bonchev–Trinajstić information content (AvgIpc) is 3.07. The maximum Gasteiger partial charge on any atom is 0.226 e. The predicted molar refractivity (Wildman–Crippen MR) is 109 cm³/mol. The lowest BCUT2D eigenvalue weighted by Gasteiger charge is -2.24. The van der Waals surface area contributed by atoms with E-state index in [1.807, 2.05) is 31.3 Å². The van der Waals surface area contributed by atoms with E-state index in [2.05, 4.69) is 48.5 Å². The van der Waals surface area contributed by atoms with Crippen LogP contribution in [0.1, 0.15) is 54.4 Å². The number of nitrogens with zero attached hydrogens (tertiary/aromatic N) is 2. The van der Waals surface area contributed by atoms with E-state index in [0.717, 1.165) is 28.2 Å². The zero-order valence-corrected chi connectivity index (χ0v) is 16.4. The smallest absolute Gasteiger partial charge is 0.226 e. The third-order valence-corrected chi connectivity index (χ3v) is 5.70.